The predicted octanol–water partition coefficient (Wildman–Crippen LogP) is 1.22. The van der Waals surface area contributed by atoms with E-state index in [0.29, 0.717) is 6.61 Å². The number of nitrogens with zero attached hydrogens (tertiary/aromatic N) is 4. The van der Waals surface area contributed by atoms with E-state index in [4.69, 9.17) is 4.74 Å². The maximum Gasteiger partial charge on any atom is 0.236 e. The van der Waals surface area contributed by atoms with Crippen molar-refractivity contribution in [2.24, 2.45) is 0 Å². The molecule has 2 atom stereocenters. The third kappa shape index (κ3) is 2.33. The van der Waals surface area contributed by atoms with Crippen LogP contribution in [0.25, 0.3) is 0 Å². The number of rotatable bonds is 3. The van der Waals surface area contributed by atoms with Crippen LogP contribution in [0.4, 0.5) is 0 Å². The number of amides is 1. The van der Waals surface area contributed by atoms with Gasteiger partial charge in [0.15, 0.2) is 11.6 Å². The van der Waals surface area contributed by atoms with Crippen molar-refractivity contribution in [1.29, 1.82) is 0 Å². The first-order valence-corrected chi connectivity index (χ1v) is 8.10. The summed E-state index contributed by atoms with van der Waals surface area (Å²) >= 11 is 1.79. The molecule has 0 spiro atoms. The van der Waals surface area contributed by atoms with Crippen LogP contribution < -0.4 is 0 Å². The maximum atomic E-state index is 12.6. The van der Waals surface area contributed by atoms with Gasteiger partial charge in [-0.25, -0.2) is 0 Å². The van der Waals surface area contributed by atoms with Crippen molar-refractivity contribution >= 4 is 17.7 Å². The second-order valence-corrected chi connectivity index (χ2v) is 6.58. The van der Waals surface area contributed by atoms with Crippen molar-refractivity contribution in [2.45, 2.75) is 44.2 Å². The van der Waals surface area contributed by atoms with E-state index in [2.05, 4.69) is 14.8 Å². The monoisotopic (exact) mass is 296 g/mol. The standard InChI is InChI=1S/C13H20N4O2S/c1-9-12-15-14-11(8-19-2)17(12)6-5-16(9)13(18)10-4-3-7-20-10/h9-10H,3-8H2,1-2H3/t9-,10-/m1/s1. The van der Waals surface area contributed by atoms with Crippen LogP contribution in [-0.4, -0.2) is 50.2 Å². The lowest BCUT2D eigenvalue weighted by atomic mass is 10.1. The van der Waals surface area contributed by atoms with Crippen LogP contribution >= 0.6 is 11.8 Å². The Hall–Kier alpha value is -1.08. The van der Waals surface area contributed by atoms with Gasteiger partial charge in [-0.05, 0) is 25.5 Å². The van der Waals surface area contributed by atoms with Crippen molar-refractivity contribution in [2.75, 3.05) is 19.4 Å². The molecule has 0 aromatic carbocycles. The van der Waals surface area contributed by atoms with Gasteiger partial charge in [-0.2, -0.15) is 0 Å². The zero-order chi connectivity index (χ0) is 14.1. The minimum atomic E-state index is -0.00411. The first-order chi connectivity index (χ1) is 9.72. The maximum absolute atomic E-state index is 12.6. The van der Waals surface area contributed by atoms with Gasteiger partial charge in [0.05, 0.1) is 11.3 Å². The highest BCUT2D eigenvalue weighted by Crippen LogP contribution is 2.32. The summed E-state index contributed by atoms with van der Waals surface area (Å²) in [5.74, 6) is 3.09. The molecule has 3 heterocycles. The first kappa shape index (κ1) is 13.9. The van der Waals surface area contributed by atoms with E-state index in [1.54, 1.807) is 18.9 Å². The average Bonchev–Trinajstić information content (AvgIpc) is 3.09. The zero-order valence-electron chi connectivity index (χ0n) is 11.9. The van der Waals surface area contributed by atoms with Crippen LogP contribution in [0, 0.1) is 0 Å². The molecule has 3 rings (SSSR count). The van der Waals surface area contributed by atoms with Crippen LogP contribution in [0.15, 0.2) is 0 Å². The van der Waals surface area contributed by atoms with E-state index in [-0.39, 0.29) is 17.2 Å². The number of methoxy groups -OCH3 is 1. The summed E-state index contributed by atoms with van der Waals surface area (Å²) in [6, 6.07) is -0.00411. The van der Waals surface area contributed by atoms with Crippen molar-refractivity contribution < 1.29 is 9.53 Å². The molecule has 0 aliphatic carbocycles. The Labute approximate surface area is 122 Å². The van der Waals surface area contributed by atoms with Gasteiger partial charge in [-0.3, -0.25) is 4.79 Å². The van der Waals surface area contributed by atoms with Gasteiger partial charge in [0.25, 0.3) is 0 Å². The molecule has 20 heavy (non-hydrogen) atoms. The number of carbonyl (C=O) groups is 1. The first-order valence-electron chi connectivity index (χ1n) is 7.05. The number of aromatic nitrogens is 3. The second-order valence-electron chi connectivity index (χ2n) is 5.27. The van der Waals surface area contributed by atoms with Crippen molar-refractivity contribution in [3.63, 3.8) is 0 Å². The third-order valence-corrected chi connectivity index (χ3v) is 5.39. The van der Waals surface area contributed by atoms with Gasteiger partial charge >= 0.3 is 0 Å². The number of carbonyl (C=O) groups excluding carboxylic acids is 1. The number of hydrogen-bond acceptors (Lipinski definition) is 5. The minimum Gasteiger partial charge on any atom is -0.377 e. The topological polar surface area (TPSA) is 60.3 Å². The van der Waals surface area contributed by atoms with E-state index in [1.807, 2.05) is 11.8 Å². The molecule has 1 fully saturated rings. The molecule has 6 nitrogen and oxygen atoms in total. The summed E-state index contributed by atoms with van der Waals surface area (Å²) in [6.45, 7) is 3.99. The minimum absolute atomic E-state index is 0.00411. The summed E-state index contributed by atoms with van der Waals surface area (Å²) in [6.07, 6.45) is 2.16. The molecule has 1 amide bonds. The fourth-order valence-corrected chi connectivity index (χ4v) is 4.17. The molecule has 0 bridgehead atoms. The number of fused-ring (bicyclic) bond motifs is 1. The van der Waals surface area contributed by atoms with Crippen LogP contribution in [-0.2, 0) is 22.7 Å². The smallest absolute Gasteiger partial charge is 0.236 e. The van der Waals surface area contributed by atoms with Crippen molar-refractivity contribution in [3.8, 4) is 0 Å². The molecule has 1 saturated heterocycles. The molecule has 0 unspecified atom stereocenters. The Balaban J connectivity index is 1.78. The van der Waals surface area contributed by atoms with Gasteiger partial charge < -0.3 is 14.2 Å². The van der Waals surface area contributed by atoms with E-state index in [1.165, 1.54) is 0 Å². The van der Waals surface area contributed by atoms with Crippen molar-refractivity contribution in [1.82, 2.24) is 19.7 Å². The number of thioether (sulfide) groups is 1. The summed E-state index contributed by atoms with van der Waals surface area (Å²) in [5, 5.41) is 8.57. The summed E-state index contributed by atoms with van der Waals surface area (Å²) < 4.78 is 7.22. The lowest BCUT2D eigenvalue weighted by Gasteiger charge is -2.35. The van der Waals surface area contributed by atoms with Gasteiger partial charge in [-0.15, -0.1) is 22.0 Å². The quantitative estimate of drug-likeness (QED) is 0.839. The second kappa shape index (κ2) is 5.73. The lowest BCUT2D eigenvalue weighted by molar-refractivity contribution is -0.134. The zero-order valence-corrected chi connectivity index (χ0v) is 12.7. The predicted molar refractivity (Wildman–Crippen MR) is 76.3 cm³/mol. The molecular weight excluding hydrogens is 276 g/mol. The highest BCUT2D eigenvalue weighted by molar-refractivity contribution is 8.00. The summed E-state index contributed by atoms with van der Waals surface area (Å²) in [5.41, 5.74) is 0. The molecule has 2 aliphatic heterocycles. The molecular formula is C13H20N4O2S. The number of ether oxygens (including phenoxy) is 1. The number of hydrogen-bond donors (Lipinski definition) is 0. The highest BCUT2D eigenvalue weighted by Gasteiger charge is 2.35. The molecule has 7 heteroatoms. The Morgan fingerprint density at radius 2 is 2.30 bits per heavy atom. The molecule has 0 saturated carbocycles. The van der Waals surface area contributed by atoms with Gasteiger partial charge in [-0.1, -0.05) is 0 Å². The van der Waals surface area contributed by atoms with Crippen LogP contribution in [0.2, 0.25) is 0 Å². The van der Waals surface area contributed by atoms with Gasteiger partial charge in [0.1, 0.15) is 6.61 Å². The van der Waals surface area contributed by atoms with Crippen molar-refractivity contribution in [3.05, 3.63) is 11.6 Å². The average molecular weight is 296 g/mol. The summed E-state index contributed by atoms with van der Waals surface area (Å²) in [7, 11) is 1.65. The normalized spacial score (nSPS) is 25.8. The van der Waals surface area contributed by atoms with E-state index in [9.17, 15) is 4.79 Å². The summed E-state index contributed by atoms with van der Waals surface area (Å²) in [4.78, 5) is 14.5. The van der Waals surface area contributed by atoms with Crippen LogP contribution in [0.1, 0.15) is 37.5 Å². The third-order valence-electron chi connectivity index (χ3n) is 4.02. The largest absolute Gasteiger partial charge is 0.377 e. The molecule has 1 aromatic heterocycles. The Morgan fingerprint density at radius 3 is 3.00 bits per heavy atom. The Bertz CT molecular complexity index is 499. The molecule has 1 aromatic rings. The Morgan fingerprint density at radius 1 is 1.45 bits per heavy atom. The van der Waals surface area contributed by atoms with Gasteiger partial charge in [0, 0.05) is 20.2 Å². The van der Waals surface area contributed by atoms with Gasteiger partial charge in [0.2, 0.25) is 5.91 Å². The molecule has 110 valence electrons. The van der Waals surface area contributed by atoms with E-state index >= 15 is 0 Å². The highest BCUT2D eigenvalue weighted by atomic mass is 32.2. The van der Waals surface area contributed by atoms with Crippen LogP contribution in [0.5, 0.6) is 0 Å². The molecule has 0 radical (unpaired) electrons. The fraction of sp³-hybridized carbons (Fsp3) is 0.769. The fourth-order valence-electron chi connectivity index (χ4n) is 2.94. The molecule has 0 N–H and O–H groups in total. The Kier molecular flexibility index (Phi) is 3.98. The van der Waals surface area contributed by atoms with E-state index in [0.717, 1.165) is 43.3 Å². The van der Waals surface area contributed by atoms with Crippen LogP contribution in [0.3, 0.4) is 0 Å². The molecule has 2 aliphatic rings. The SMILES string of the molecule is COCc1nnc2n1CCN(C(=O)[C@H]1CCCS1)[C@@H]2C. The lowest BCUT2D eigenvalue weighted by Crippen LogP contribution is -2.44. The van der Waals surface area contributed by atoms with E-state index < -0.39 is 0 Å².